The van der Waals surface area contributed by atoms with Crippen molar-refractivity contribution >= 4 is 23.5 Å². The van der Waals surface area contributed by atoms with Crippen molar-refractivity contribution in [3.8, 4) is 11.5 Å². The minimum absolute atomic E-state index is 0.276. The molecule has 2 rings (SSSR count). The van der Waals surface area contributed by atoms with Gasteiger partial charge in [-0.15, -0.1) is 0 Å². The Kier molecular flexibility index (Phi) is 3.77. The lowest BCUT2D eigenvalue weighted by Crippen LogP contribution is -2.31. The molecular formula is C11H13N3O2S. The smallest absolute Gasteiger partial charge is 0.231 e. The van der Waals surface area contributed by atoms with Gasteiger partial charge in [0.25, 0.3) is 0 Å². The molecule has 5 nitrogen and oxygen atoms in total. The van der Waals surface area contributed by atoms with E-state index in [2.05, 4.69) is 15.8 Å². The number of rotatable bonds is 3. The summed E-state index contributed by atoms with van der Waals surface area (Å²) in [7, 11) is 0. The standard InChI is InChI=1S/C11H13N3O2S/c1-2-12-11(17)14-13-6-8-3-4-9-10(5-8)16-7-15-9/h3-6H,2,7H2,1H3,(H2,12,14,17)/b13-6+. The highest BCUT2D eigenvalue weighted by Gasteiger charge is 2.12. The van der Waals surface area contributed by atoms with Crippen LogP contribution in [0.4, 0.5) is 0 Å². The number of ether oxygens (including phenoxy) is 2. The zero-order valence-corrected chi connectivity index (χ0v) is 10.2. The first kappa shape index (κ1) is 11.7. The lowest BCUT2D eigenvalue weighted by atomic mass is 10.2. The van der Waals surface area contributed by atoms with Gasteiger partial charge in [-0.3, -0.25) is 5.43 Å². The molecule has 0 aliphatic carbocycles. The Morgan fingerprint density at radius 2 is 2.29 bits per heavy atom. The van der Waals surface area contributed by atoms with Gasteiger partial charge in [0.15, 0.2) is 16.6 Å². The van der Waals surface area contributed by atoms with Gasteiger partial charge in [-0.25, -0.2) is 0 Å². The molecule has 0 spiro atoms. The summed E-state index contributed by atoms with van der Waals surface area (Å²) in [5.74, 6) is 1.50. The van der Waals surface area contributed by atoms with Crippen LogP contribution in [0.2, 0.25) is 0 Å². The van der Waals surface area contributed by atoms with Crippen molar-refractivity contribution in [3.05, 3.63) is 23.8 Å². The second-order valence-electron chi connectivity index (χ2n) is 3.34. The van der Waals surface area contributed by atoms with Gasteiger partial charge in [0.1, 0.15) is 0 Å². The molecule has 17 heavy (non-hydrogen) atoms. The lowest BCUT2D eigenvalue weighted by Gasteiger charge is -2.02. The van der Waals surface area contributed by atoms with Crippen molar-refractivity contribution in [2.24, 2.45) is 5.10 Å². The Bertz CT molecular complexity index is 448. The van der Waals surface area contributed by atoms with Crippen LogP contribution < -0.4 is 20.2 Å². The molecule has 2 N–H and O–H groups in total. The number of nitrogens with one attached hydrogen (secondary N) is 2. The van der Waals surface area contributed by atoms with Gasteiger partial charge in [0, 0.05) is 6.54 Å². The maximum Gasteiger partial charge on any atom is 0.231 e. The average Bonchev–Trinajstić information content (AvgIpc) is 2.76. The van der Waals surface area contributed by atoms with E-state index in [-0.39, 0.29) is 6.79 Å². The number of hydrazone groups is 1. The van der Waals surface area contributed by atoms with Crippen LogP contribution in [-0.2, 0) is 0 Å². The fraction of sp³-hybridized carbons (Fsp3) is 0.273. The third-order valence-electron chi connectivity index (χ3n) is 2.11. The largest absolute Gasteiger partial charge is 0.454 e. The quantitative estimate of drug-likeness (QED) is 0.481. The topological polar surface area (TPSA) is 54.9 Å². The molecule has 0 atom stereocenters. The van der Waals surface area contributed by atoms with Gasteiger partial charge in [0.05, 0.1) is 6.21 Å². The number of fused-ring (bicyclic) bond motifs is 1. The summed E-state index contributed by atoms with van der Waals surface area (Å²) in [6.45, 7) is 3.01. The Labute approximate surface area is 105 Å². The lowest BCUT2D eigenvalue weighted by molar-refractivity contribution is 0.174. The van der Waals surface area contributed by atoms with Gasteiger partial charge in [-0.2, -0.15) is 5.10 Å². The molecular weight excluding hydrogens is 238 g/mol. The maximum absolute atomic E-state index is 5.26. The monoisotopic (exact) mass is 251 g/mol. The van der Waals surface area contributed by atoms with E-state index in [4.69, 9.17) is 21.7 Å². The van der Waals surface area contributed by atoms with Gasteiger partial charge >= 0.3 is 0 Å². The zero-order valence-electron chi connectivity index (χ0n) is 9.40. The van der Waals surface area contributed by atoms with E-state index in [1.54, 1.807) is 6.21 Å². The van der Waals surface area contributed by atoms with Crippen molar-refractivity contribution in [3.63, 3.8) is 0 Å². The molecule has 1 aromatic rings. The third kappa shape index (κ3) is 3.07. The number of hydrogen-bond acceptors (Lipinski definition) is 4. The van der Waals surface area contributed by atoms with E-state index in [1.165, 1.54) is 0 Å². The molecule has 1 aliphatic heterocycles. The molecule has 6 heteroatoms. The minimum Gasteiger partial charge on any atom is -0.454 e. The second kappa shape index (κ2) is 5.49. The van der Waals surface area contributed by atoms with Crippen LogP contribution in [0.5, 0.6) is 11.5 Å². The number of thiocarbonyl (C=S) groups is 1. The van der Waals surface area contributed by atoms with Crippen molar-refractivity contribution in [1.82, 2.24) is 10.7 Å². The van der Waals surface area contributed by atoms with E-state index in [1.807, 2.05) is 25.1 Å². The zero-order chi connectivity index (χ0) is 12.1. The molecule has 0 fully saturated rings. The Hall–Kier alpha value is -1.82. The first-order valence-electron chi connectivity index (χ1n) is 5.26. The summed E-state index contributed by atoms with van der Waals surface area (Å²) >= 11 is 4.97. The van der Waals surface area contributed by atoms with E-state index in [0.717, 1.165) is 23.6 Å². The fourth-order valence-corrected chi connectivity index (χ4v) is 1.56. The molecule has 0 saturated heterocycles. The highest BCUT2D eigenvalue weighted by atomic mass is 32.1. The molecule has 0 saturated carbocycles. The van der Waals surface area contributed by atoms with Gasteiger partial charge in [-0.1, -0.05) is 0 Å². The van der Waals surface area contributed by atoms with Crippen LogP contribution in [0.1, 0.15) is 12.5 Å². The van der Waals surface area contributed by atoms with Gasteiger partial charge in [-0.05, 0) is 42.9 Å². The van der Waals surface area contributed by atoms with E-state index in [0.29, 0.717) is 5.11 Å². The van der Waals surface area contributed by atoms with Crippen molar-refractivity contribution < 1.29 is 9.47 Å². The molecule has 0 aromatic heterocycles. The minimum atomic E-state index is 0.276. The first-order chi connectivity index (χ1) is 8.29. The highest BCUT2D eigenvalue weighted by molar-refractivity contribution is 7.80. The van der Waals surface area contributed by atoms with E-state index >= 15 is 0 Å². The summed E-state index contributed by atoms with van der Waals surface area (Å²) in [5.41, 5.74) is 3.64. The molecule has 0 amide bonds. The highest BCUT2D eigenvalue weighted by Crippen LogP contribution is 2.31. The second-order valence-corrected chi connectivity index (χ2v) is 3.75. The summed E-state index contributed by atoms with van der Waals surface area (Å²) < 4.78 is 10.5. The summed E-state index contributed by atoms with van der Waals surface area (Å²) in [5, 5.41) is 7.45. The maximum atomic E-state index is 5.26. The van der Waals surface area contributed by atoms with Crippen LogP contribution >= 0.6 is 12.2 Å². The Balaban J connectivity index is 1.95. The fourth-order valence-electron chi connectivity index (χ4n) is 1.36. The first-order valence-corrected chi connectivity index (χ1v) is 5.67. The van der Waals surface area contributed by atoms with Gasteiger partial charge < -0.3 is 14.8 Å². The summed E-state index contributed by atoms with van der Waals surface area (Å²) in [6, 6.07) is 5.62. The third-order valence-corrected chi connectivity index (χ3v) is 2.35. The molecule has 1 aromatic carbocycles. The predicted octanol–water partition coefficient (Wildman–Crippen LogP) is 1.23. The van der Waals surface area contributed by atoms with Crippen molar-refractivity contribution in [2.45, 2.75) is 6.92 Å². The number of nitrogens with zero attached hydrogens (tertiary/aromatic N) is 1. The molecule has 1 heterocycles. The van der Waals surface area contributed by atoms with E-state index < -0.39 is 0 Å². The van der Waals surface area contributed by atoms with Crippen LogP contribution in [0.3, 0.4) is 0 Å². The number of benzene rings is 1. The van der Waals surface area contributed by atoms with Crippen LogP contribution in [0.25, 0.3) is 0 Å². The van der Waals surface area contributed by atoms with Crippen molar-refractivity contribution in [2.75, 3.05) is 13.3 Å². The summed E-state index contributed by atoms with van der Waals surface area (Å²) in [6.07, 6.45) is 1.67. The predicted molar refractivity (Wildman–Crippen MR) is 69.6 cm³/mol. The Morgan fingerprint density at radius 1 is 1.47 bits per heavy atom. The summed E-state index contributed by atoms with van der Waals surface area (Å²) in [4.78, 5) is 0. The Morgan fingerprint density at radius 3 is 3.12 bits per heavy atom. The molecule has 0 bridgehead atoms. The van der Waals surface area contributed by atoms with Crippen LogP contribution in [0, 0.1) is 0 Å². The van der Waals surface area contributed by atoms with Crippen LogP contribution in [0.15, 0.2) is 23.3 Å². The normalized spacial score (nSPS) is 12.8. The van der Waals surface area contributed by atoms with Crippen LogP contribution in [-0.4, -0.2) is 24.7 Å². The average molecular weight is 251 g/mol. The van der Waals surface area contributed by atoms with Gasteiger partial charge in [0.2, 0.25) is 6.79 Å². The van der Waals surface area contributed by atoms with E-state index in [9.17, 15) is 0 Å². The molecule has 1 aliphatic rings. The molecule has 0 unspecified atom stereocenters. The number of hydrogen-bond donors (Lipinski definition) is 2. The molecule has 90 valence electrons. The SMILES string of the molecule is CCNC(=S)N/N=C/c1ccc2c(c1)OCO2. The molecule has 0 radical (unpaired) electrons. The van der Waals surface area contributed by atoms with Crippen molar-refractivity contribution in [1.29, 1.82) is 0 Å².